The number of carbonyl (C=O) groups is 1. The Labute approximate surface area is 380 Å². The summed E-state index contributed by atoms with van der Waals surface area (Å²) in [5.41, 5.74) is -3.57. The lowest BCUT2D eigenvalue weighted by Crippen LogP contribution is -2.72. The highest BCUT2D eigenvalue weighted by Crippen LogP contribution is 2.77. The third-order valence-electron chi connectivity index (χ3n) is 19.6. The fraction of sp³-hybridized carbons (Fsp3) is 0.936. The Balaban J connectivity index is 1.01. The molecule has 0 unspecified atom stereocenters. The van der Waals surface area contributed by atoms with Gasteiger partial charge in [0.1, 0.15) is 72.2 Å². The molecule has 370 valence electrons. The van der Waals surface area contributed by atoms with E-state index in [1.807, 2.05) is 6.92 Å². The fourth-order valence-electron chi connectivity index (χ4n) is 15.3. The summed E-state index contributed by atoms with van der Waals surface area (Å²) < 4.78 is 43.0. The SMILES string of the molecule is C[C@@H]1O[C@@H](O[C@H]2[C@H](O[C@H]3CC[C@]4(C)[C@H]5C[C@@H](O)C6=C7[C@]8(CC[C@](C)(OC8=O)[C@@]7(C)O)CC[C@@]6(C)[C@]5(C)CC[C@H]4C3(C)C)OC[C@@H](O)[C@@H]2O[C@@H]2O[C@H](CO)[C@@H](O)[C@H](O)[C@H]2O)[C@H](O)[C@H](O)[C@H]1O. The van der Waals surface area contributed by atoms with E-state index >= 15 is 0 Å². The minimum atomic E-state index is -1.82. The minimum Gasteiger partial charge on any atom is -0.455 e. The number of hydrogen-bond acceptors (Lipinski definition) is 18. The van der Waals surface area contributed by atoms with Crippen molar-refractivity contribution < 1.29 is 89.0 Å². The van der Waals surface area contributed by atoms with Crippen molar-refractivity contribution in [2.75, 3.05) is 13.2 Å². The average molecular weight is 927 g/mol. The summed E-state index contributed by atoms with van der Waals surface area (Å²) in [6, 6.07) is 0. The molecule has 0 radical (unpaired) electrons. The normalized spacial score (nSPS) is 57.4. The third kappa shape index (κ3) is 6.74. The molecule has 0 amide bonds. The maximum atomic E-state index is 13.8. The van der Waals surface area contributed by atoms with Gasteiger partial charge in [-0.1, -0.05) is 34.6 Å². The van der Waals surface area contributed by atoms with Gasteiger partial charge in [-0.2, -0.15) is 0 Å². The molecule has 9 fully saturated rings. The smallest absolute Gasteiger partial charge is 0.317 e. The quantitative estimate of drug-likeness (QED) is 0.0918. The number of ether oxygens (including phenoxy) is 7. The first-order chi connectivity index (χ1) is 30.2. The highest BCUT2D eigenvalue weighted by atomic mass is 16.8. The summed E-state index contributed by atoms with van der Waals surface area (Å²) in [4.78, 5) is 13.8. The van der Waals surface area contributed by atoms with E-state index in [1.54, 1.807) is 6.92 Å². The molecule has 5 aliphatic heterocycles. The summed E-state index contributed by atoms with van der Waals surface area (Å²) in [6.45, 7) is 15.3. The summed E-state index contributed by atoms with van der Waals surface area (Å²) >= 11 is 0. The van der Waals surface area contributed by atoms with E-state index in [0.29, 0.717) is 50.5 Å². The standard InChI is InChI=1S/C47H74O18/c1-20-28(51)30(53)32(55)37(60-20)64-35-34(63-38-33(56)31(54)29(52)23(18-48)61-38)22(50)19-59-39(35)62-26-10-11-42(4)24(41(26,2)3)9-12-43(5)25(42)17-21(49)27-36-46(8,58)45(7)14-16-47(36,40(57)65-45)15-13-44(27,43)6/h20-26,28-35,37-39,48-56,58H,9-19H2,1-8H3/t20-,21+,22+,23+,24-,25+,26-,28-,29+,30+,31-,32+,33+,34-,35+,37-,38-,39-,42-,43+,44+,45-,46-,47+/m0/s1. The highest BCUT2D eigenvalue weighted by molar-refractivity contribution is 5.86. The molecule has 5 heterocycles. The Bertz CT molecular complexity index is 1880. The molecule has 24 atom stereocenters. The molecule has 18 heteroatoms. The lowest BCUT2D eigenvalue weighted by Gasteiger charge is -2.73. The van der Waals surface area contributed by atoms with Gasteiger partial charge >= 0.3 is 5.97 Å². The van der Waals surface area contributed by atoms with Crippen LogP contribution < -0.4 is 0 Å². The van der Waals surface area contributed by atoms with Crippen molar-refractivity contribution in [3.8, 4) is 0 Å². The Morgan fingerprint density at radius 2 is 1.31 bits per heavy atom. The van der Waals surface area contributed by atoms with Crippen LogP contribution >= 0.6 is 0 Å². The van der Waals surface area contributed by atoms with Crippen LogP contribution in [0.5, 0.6) is 0 Å². The average Bonchev–Trinajstić information content (AvgIpc) is 3.24. The van der Waals surface area contributed by atoms with Crippen molar-refractivity contribution in [3.05, 3.63) is 11.1 Å². The van der Waals surface area contributed by atoms with Crippen LogP contribution in [0, 0.1) is 38.9 Å². The van der Waals surface area contributed by atoms with Crippen molar-refractivity contribution in [3.63, 3.8) is 0 Å². The number of rotatable bonds is 7. The van der Waals surface area contributed by atoms with E-state index in [9.17, 15) is 55.9 Å². The molecule has 65 heavy (non-hydrogen) atoms. The van der Waals surface area contributed by atoms with E-state index in [4.69, 9.17) is 33.2 Å². The maximum absolute atomic E-state index is 13.8. The topological polar surface area (TPSA) is 284 Å². The Hall–Kier alpha value is -1.43. The lowest BCUT2D eigenvalue weighted by molar-refractivity contribution is -0.388. The molecular formula is C47H74O18. The summed E-state index contributed by atoms with van der Waals surface area (Å²) in [5, 5.41) is 110. The van der Waals surface area contributed by atoms with Gasteiger partial charge in [0.25, 0.3) is 0 Å². The van der Waals surface area contributed by atoms with Gasteiger partial charge in [-0.3, -0.25) is 4.79 Å². The van der Waals surface area contributed by atoms with Crippen LogP contribution in [0.25, 0.3) is 0 Å². The molecule has 0 aromatic heterocycles. The number of carbonyl (C=O) groups excluding carboxylic acids is 1. The van der Waals surface area contributed by atoms with E-state index < -0.39 is 132 Å². The monoisotopic (exact) mass is 926 g/mol. The molecule has 18 nitrogen and oxygen atoms in total. The molecule has 4 saturated carbocycles. The number of hydrogen-bond donors (Lipinski definition) is 10. The molecule has 0 aromatic rings. The van der Waals surface area contributed by atoms with Crippen molar-refractivity contribution in [2.24, 2.45) is 38.9 Å². The molecule has 2 bridgehead atoms. The first-order valence-electron chi connectivity index (χ1n) is 23.9. The summed E-state index contributed by atoms with van der Waals surface area (Å²) in [5.74, 6) is -0.158. The predicted octanol–water partition coefficient (Wildman–Crippen LogP) is 0.0534. The number of aliphatic hydroxyl groups is 10. The van der Waals surface area contributed by atoms with E-state index in [0.717, 1.165) is 18.4 Å². The number of fused-ring (bicyclic) bond motifs is 7. The number of aliphatic hydroxyl groups excluding tert-OH is 9. The Morgan fingerprint density at radius 1 is 0.677 bits per heavy atom. The van der Waals surface area contributed by atoms with Crippen molar-refractivity contribution in [1.29, 1.82) is 0 Å². The summed E-state index contributed by atoms with van der Waals surface area (Å²) in [6.07, 6.45) is -17.0. The second-order valence-corrected chi connectivity index (χ2v) is 23.0. The van der Waals surface area contributed by atoms with Crippen molar-refractivity contribution >= 4 is 5.97 Å². The van der Waals surface area contributed by atoms with Gasteiger partial charge in [0.05, 0.1) is 36.9 Å². The van der Waals surface area contributed by atoms with Crippen molar-refractivity contribution in [1.82, 2.24) is 0 Å². The Kier molecular flexibility index (Phi) is 12.0. The second kappa shape index (κ2) is 16.0. The van der Waals surface area contributed by atoms with Gasteiger partial charge < -0.3 is 84.2 Å². The zero-order valence-electron chi connectivity index (χ0n) is 38.9. The zero-order chi connectivity index (χ0) is 47.4. The molecule has 10 N–H and O–H groups in total. The molecule has 1 spiro atoms. The fourth-order valence-corrected chi connectivity index (χ4v) is 15.3. The molecule has 0 aromatic carbocycles. The van der Waals surface area contributed by atoms with Crippen LogP contribution in [-0.4, -0.2) is 180 Å². The van der Waals surface area contributed by atoms with Crippen LogP contribution in [0.1, 0.15) is 113 Å². The molecular weight excluding hydrogens is 852 g/mol. The molecule has 10 rings (SSSR count). The van der Waals surface area contributed by atoms with Gasteiger partial charge in [-0.15, -0.1) is 0 Å². The van der Waals surface area contributed by atoms with Crippen LogP contribution in [0.15, 0.2) is 11.1 Å². The lowest BCUT2D eigenvalue weighted by atomic mass is 9.33. The zero-order valence-corrected chi connectivity index (χ0v) is 38.9. The highest BCUT2D eigenvalue weighted by Gasteiger charge is 2.75. The minimum absolute atomic E-state index is 0.0582. The number of esters is 1. The maximum Gasteiger partial charge on any atom is 0.317 e. The first kappa shape index (κ1) is 48.6. The van der Waals surface area contributed by atoms with Gasteiger partial charge in [0, 0.05) is 0 Å². The van der Waals surface area contributed by atoms with Gasteiger partial charge in [-0.05, 0) is 123 Å². The molecule has 5 aliphatic carbocycles. The first-order valence-corrected chi connectivity index (χ1v) is 23.9. The van der Waals surface area contributed by atoms with Crippen LogP contribution in [0.3, 0.4) is 0 Å². The van der Waals surface area contributed by atoms with Crippen LogP contribution in [0.4, 0.5) is 0 Å². The van der Waals surface area contributed by atoms with Crippen LogP contribution in [0.2, 0.25) is 0 Å². The van der Waals surface area contributed by atoms with Gasteiger partial charge in [0.2, 0.25) is 0 Å². The van der Waals surface area contributed by atoms with E-state index in [1.165, 1.54) is 6.92 Å². The Morgan fingerprint density at radius 3 is 1.97 bits per heavy atom. The van der Waals surface area contributed by atoms with Crippen molar-refractivity contribution in [2.45, 2.75) is 223 Å². The third-order valence-corrected chi connectivity index (χ3v) is 19.6. The van der Waals surface area contributed by atoms with Crippen LogP contribution in [-0.2, 0) is 38.0 Å². The summed E-state index contributed by atoms with van der Waals surface area (Å²) in [7, 11) is 0. The molecule has 10 aliphatic rings. The van der Waals surface area contributed by atoms with E-state index in [2.05, 4.69) is 34.6 Å². The van der Waals surface area contributed by atoms with E-state index in [-0.39, 0.29) is 35.2 Å². The van der Waals surface area contributed by atoms with Gasteiger partial charge in [-0.25, -0.2) is 0 Å². The largest absolute Gasteiger partial charge is 0.455 e. The van der Waals surface area contributed by atoms with Gasteiger partial charge in [0.15, 0.2) is 18.9 Å². The molecule has 5 saturated heterocycles. The second-order valence-electron chi connectivity index (χ2n) is 23.0. The predicted molar refractivity (Wildman–Crippen MR) is 224 cm³/mol.